The molecule has 1 aliphatic rings. The molecule has 0 aromatic heterocycles. The van der Waals surface area contributed by atoms with Crippen LogP contribution in [0.3, 0.4) is 0 Å². The van der Waals surface area contributed by atoms with Crippen LogP contribution in [-0.4, -0.2) is 30.6 Å². The molecule has 0 N–H and O–H groups in total. The van der Waals surface area contributed by atoms with Gasteiger partial charge in [0.15, 0.2) is 0 Å². The average molecular weight is 346 g/mol. The highest BCUT2D eigenvalue weighted by Gasteiger charge is 2.39. The molecule has 1 aromatic rings. The topological polar surface area (TPSA) is 37.4 Å². The van der Waals surface area contributed by atoms with Gasteiger partial charge in [-0.05, 0) is 43.4 Å². The molecule has 1 aliphatic heterocycles. The number of aryl methyl sites for hydroxylation is 2. The maximum atomic E-state index is 12.8. The van der Waals surface area contributed by atoms with Crippen LogP contribution in [0.4, 0.5) is 0 Å². The lowest BCUT2D eigenvalue weighted by molar-refractivity contribution is 0.378. The molecule has 2 atom stereocenters. The van der Waals surface area contributed by atoms with E-state index in [9.17, 15) is 8.42 Å². The maximum absolute atomic E-state index is 12.8. The molecule has 3 nitrogen and oxygen atoms in total. The zero-order chi connectivity index (χ0) is 14.2. The fourth-order valence-corrected chi connectivity index (χ4v) is 5.84. The third kappa shape index (κ3) is 2.73. The van der Waals surface area contributed by atoms with Crippen LogP contribution in [0.1, 0.15) is 24.5 Å². The van der Waals surface area contributed by atoms with E-state index in [1.165, 1.54) is 0 Å². The van der Waals surface area contributed by atoms with Gasteiger partial charge in [0.25, 0.3) is 0 Å². The Labute approximate surface area is 124 Å². The highest BCUT2D eigenvalue weighted by molar-refractivity contribution is 9.09. The Kier molecular flexibility index (Phi) is 4.38. The quantitative estimate of drug-likeness (QED) is 0.789. The fraction of sp³-hybridized carbons (Fsp3) is 0.571. The Bertz CT molecular complexity index is 571. The third-order valence-electron chi connectivity index (χ3n) is 3.92. The molecule has 0 amide bonds. The Morgan fingerprint density at radius 1 is 1.37 bits per heavy atom. The Hall–Kier alpha value is -0.390. The zero-order valence-electron chi connectivity index (χ0n) is 11.6. The van der Waals surface area contributed by atoms with Crippen LogP contribution in [-0.2, 0) is 10.0 Å². The lowest BCUT2D eigenvalue weighted by atomic mass is 10.1. The van der Waals surface area contributed by atoms with Crippen LogP contribution in [0.2, 0.25) is 0 Å². The molecule has 0 aliphatic carbocycles. The molecule has 1 aromatic carbocycles. The average Bonchev–Trinajstić information content (AvgIpc) is 2.74. The first-order valence-electron chi connectivity index (χ1n) is 6.53. The summed E-state index contributed by atoms with van der Waals surface area (Å²) in [7, 11) is -3.38. The van der Waals surface area contributed by atoms with Crippen molar-refractivity contribution < 1.29 is 8.42 Å². The second-order valence-corrected chi connectivity index (χ2v) is 7.88. The van der Waals surface area contributed by atoms with Crippen LogP contribution < -0.4 is 0 Å². The van der Waals surface area contributed by atoms with Crippen molar-refractivity contribution in [3.05, 3.63) is 29.3 Å². The number of nitrogens with zero attached hydrogens (tertiary/aromatic N) is 1. The van der Waals surface area contributed by atoms with Crippen molar-refractivity contribution in [1.29, 1.82) is 0 Å². The number of hydrogen-bond acceptors (Lipinski definition) is 2. The first-order chi connectivity index (χ1) is 8.87. The maximum Gasteiger partial charge on any atom is 0.243 e. The molecular formula is C14H20BrNO2S. The van der Waals surface area contributed by atoms with E-state index in [2.05, 4.69) is 22.9 Å². The highest BCUT2D eigenvalue weighted by atomic mass is 79.9. The summed E-state index contributed by atoms with van der Waals surface area (Å²) in [6.45, 7) is 6.51. The summed E-state index contributed by atoms with van der Waals surface area (Å²) < 4.78 is 27.3. The molecule has 0 spiro atoms. The van der Waals surface area contributed by atoms with Gasteiger partial charge in [-0.2, -0.15) is 4.31 Å². The molecule has 106 valence electrons. The summed E-state index contributed by atoms with van der Waals surface area (Å²) in [5, 5.41) is 0.693. The summed E-state index contributed by atoms with van der Waals surface area (Å²) in [5.41, 5.74) is 1.80. The van der Waals surface area contributed by atoms with E-state index >= 15 is 0 Å². The minimum atomic E-state index is -3.38. The highest BCUT2D eigenvalue weighted by Crippen LogP contribution is 2.32. The van der Waals surface area contributed by atoms with E-state index in [0.717, 1.165) is 17.5 Å². The minimum absolute atomic E-state index is 0.0601. The van der Waals surface area contributed by atoms with Gasteiger partial charge < -0.3 is 0 Å². The monoisotopic (exact) mass is 345 g/mol. The summed E-state index contributed by atoms with van der Waals surface area (Å²) in [4.78, 5) is 0.451. The van der Waals surface area contributed by atoms with Gasteiger partial charge in [-0.1, -0.05) is 35.0 Å². The Morgan fingerprint density at radius 3 is 2.68 bits per heavy atom. The number of benzene rings is 1. The Morgan fingerprint density at radius 2 is 2.05 bits per heavy atom. The van der Waals surface area contributed by atoms with Crippen LogP contribution in [0.25, 0.3) is 0 Å². The number of rotatable bonds is 3. The molecule has 2 rings (SSSR count). The summed E-state index contributed by atoms with van der Waals surface area (Å²) in [6, 6.07) is 5.66. The molecule has 1 saturated heterocycles. The molecule has 0 saturated carbocycles. The molecular weight excluding hydrogens is 326 g/mol. The van der Waals surface area contributed by atoms with Crippen molar-refractivity contribution in [3.8, 4) is 0 Å². The lowest BCUT2D eigenvalue weighted by Crippen LogP contribution is -2.38. The van der Waals surface area contributed by atoms with Gasteiger partial charge >= 0.3 is 0 Å². The predicted octanol–water partition coefficient (Wildman–Crippen LogP) is 3.10. The van der Waals surface area contributed by atoms with Crippen molar-refractivity contribution in [2.45, 2.75) is 38.1 Å². The van der Waals surface area contributed by atoms with Crippen molar-refractivity contribution in [2.75, 3.05) is 11.9 Å². The second-order valence-electron chi connectivity index (χ2n) is 5.37. The van der Waals surface area contributed by atoms with E-state index in [4.69, 9.17) is 0 Å². The molecule has 5 heteroatoms. The molecule has 1 heterocycles. The molecule has 1 fully saturated rings. The fourth-order valence-electron chi connectivity index (χ4n) is 2.61. The van der Waals surface area contributed by atoms with Gasteiger partial charge in [0.2, 0.25) is 10.0 Å². The van der Waals surface area contributed by atoms with Gasteiger partial charge in [0.1, 0.15) is 0 Å². The SMILES string of the molecule is Cc1ccc(C)c(S(=O)(=O)N2CCC(C)C2CBr)c1. The normalized spacial score (nSPS) is 24.8. The zero-order valence-corrected chi connectivity index (χ0v) is 14.0. The minimum Gasteiger partial charge on any atom is -0.207 e. The number of hydrogen-bond donors (Lipinski definition) is 0. The predicted molar refractivity (Wildman–Crippen MR) is 81.2 cm³/mol. The lowest BCUT2D eigenvalue weighted by Gasteiger charge is -2.25. The van der Waals surface area contributed by atoms with E-state index in [1.54, 1.807) is 10.4 Å². The number of sulfonamides is 1. The van der Waals surface area contributed by atoms with E-state index in [1.807, 2.05) is 26.0 Å². The smallest absolute Gasteiger partial charge is 0.207 e. The molecule has 0 bridgehead atoms. The largest absolute Gasteiger partial charge is 0.243 e. The number of halogens is 1. The van der Waals surface area contributed by atoms with E-state index < -0.39 is 10.0 Å². The standard InChI is InChI=1S/C14H20BrNO2S/c1-10-4-5-12(3)14(8-10)19(17,18)16-7-6-11(2)13(16)9-15/h4-5,8,11,13H,6-7,9H2,1-3H3. The van der Waals surface area contributed by atoms with Gasteiger partial charge in [-0.3, -0.25) is 0 Å². The third-order valence-corrected chi connectivity index (χ3v) is 6.65. The van der Waals surface area contributed by atoms with E-state index in [0.29, 0.717) is 22.7 Å². The molecule has 0 radical (unpaired) electrons. The molecule has 2 unspecified atom stereocenters. The second kappa shape index (κ2) is 5.54. The Balaban J connectivity index is 2.45. The van der Waals surface area contributed by atoms with Gasteiger partial charge in [0.05, 0.1) is 4.90 Å². The first-order valence-corrected chi connectivity index (χ1v) is 9.09. The van der Waals surface area contributed by atoms with Crippen LogP contribution in [0.15, 0.2) is 23.1 Å². The molecule has 19 heavy (non-hydrogen) atoms. The first kappa shape index (κ1) is 15.0. The summed E-state index contributed by atoms with van der Waals surface area (Å²) in [6.07, 6.45) is 0.931. The van der Waals surface area contributed by atoms with Gasteiger partial charge in [-0.25, -0.2) is 8.42 Å². The van der Waals surface area contributed by atoms with Crippen molar-refractivity contribution >= 4 is 26.0 Å². The van der Waals surface area contributed by atoms with Crippen LogP contribution >= 0.6 is 15.9 Å². The van der Waals surface area contributed by atoms with Crippen molar-refractivity contribution in [2.24, 2.45) is 5.92 Å². The van der Waals surface area contributed by atoms with Crippen molar-refractivity contribution in [1.82, 2.24) is 4.31 Å². The summed E-state index contributed by atoms with van der Waals surface area (Å²) >= 11 is 3.45. The van der Waals surface area contributed by atoms with Crippen LogP contribution in [0, 0.1) is 19.8 Å². The summed E-state index contributed by atoms with van der Waals surface area (Å²) in [5.74, 6) is 0.402. The van der Waals surface area contributed by atoms with Crippen LogP contribution in [0.5, 0.6) is 0 Å². The van der Waals surface area contributed by atoms with Crippen molar-refractivity contribution in [3.63, 3.8) is 0 Å². The van der Waals surface area contributed by atoms with Gasteiger partial charge in [-0.15, -0.1) is 0 Å². The van der Waals surface area contributed by atoms with E-state index in [-0.39, 0.29) is 6.04 Å². The number of alkyl halides is 1. The van der Waals surface area contributed by atoms with Gasteiger partial charge in [0, 0.05) is 17.9 Å².